The Bertz CT molecular complexity index is 570. The smallest absolute Gasteiger partial charge is 0.226 e. The fourth-order valence-electron chi connectivity index (χ4n) is 1.83. The van der Waals surface area contributed by atoms with Gasteiger partial charge in [0.25, 0.3) is 0 Å². The predicted molar refractivity (Wildman–Crippen MR) is 72.4 cm³/mol. The lowest BCUT2D eigenvalue weighted by atomic mass is 10.0. The molecule has 0 amide bonds. The Kier molecular flexibility index (Phi) is 5.77. The number of hydrogen-bond acceptors (Lipinski definition) is 3. The highest BCUT2D eigenvalue weighted by atomic mass is 35.5. The summed E-state index contributed by atoms with van der Waals surface area (Å²) in [5.41, 5.74) is 0. The average Bonchev–Trinajstić information content (AvgIpc) is 2.22. The maximum absolute atomic E-state index is 14.0. The molecule has 1 fully saturated rings. The van der Waals surface area contributed by atoms with Crippen molar-refractivity contribution in [2.45, 2.75) is 45.8 Å². The maximum atomic E-state index is 14.0. The molecular formula is C9H8Cl4F6O3S. The topological polar surface area (TPSA) is 43.4 Å². The van der Waals surface area contributed by atoms with Crippen LogP contribution in [0.15, 0.2) is 0 Å². The molecule has 1 heterocycles. The first-order valence-electron chi connectivity index (χ1n) is 5.60. The molecule has 1 aliphatic rings. The van der Waals surface area contributed by atoms with E-state index >= 15 is 0 Å². The number of hydrogen-bond donors (Lipinski definition) is 0. The Morgan fingerprint density at radius 3 is 1.70 bits per heavy atom. The van der Waals surface area contributed by atoms with Crippen LogP contribution >= 0.6 is 46.4 Å². The van der Waals surface area contributed by atoms with Gasteiger partial charge in [-0.1, -0.05) is 34.8 Å². The van der Waals surface area contributed by atoms with E-state index in [2.05, 4.69) is 4.18 Å². The SMILES string of the molecule is O=S1(=O)OC(F)(F)C1(F)CC(F)(Cl)CC(F)(Cl)CC(F)(Cl)CCl. The quantitative estimate of drug-likeness (QED) is 0.319. The van der Waals surface area contributed by atoms with Crippen LogP contribution in [-0.2, 0) is 14.3 Å². The summed E-state index contributed by atoms with van der Waals surface area (Å²) in [6.45, 7) is 0. The predicted octanol–water partition coefficient (Wildman–Crippen LogP) is 4.73. The highest BCUT2D eigenvalue weighted by molar-refractivity contribution is 7.89. The molecule has 0 saturated carbocycles. The van der Waals surface area contributed by atoms with E-state index in [1.54, 1.807) is 0 Å². The van der Waals surface area contributed by atoms with Gasteiger partial charge in [0.05, 0.1) is 12.3 Å². The van der Waals surface area contributed by atoms with Crippen LogP contribution in [0.25, 0.3) is 0 Å². The summed E-state index contributed by atoms with van der Waals surface area (Å²) in [6.07, 6.45) is -10.3. The summed E-state index contributed by atoms with van der Waals surface area (Å²) >= 11 is 20.4. The van der Waals surface area contributed by atoms with Gasteiger partial charge in [-0.3, -0.25) is 0 Å². The van der Waals surface area contributed by atoms with Crippen LogP contribution in [0.2, 0.25) is 0 Å². The van der Waals surface area contributed by atoms with Gasteiger partial charge >= 0.3 is 21.2 Å². The molecule has 1 saturated heterocycles. The molecular weight excluding hydrogens is 444 g/mol. The Morgan fingerprint density at radius 2 is 1.35 bits per heavy atom. The molecule has 0 N–H and O–H groups in total. The van der Waals surface area contributed by atoms with Crippen LogP contribution < -0.4 is 0 Å². The number of halogens is 10. The second-order valence-electron chi connectivity index (χ2n) is 5.01. The van der Waals surface area contributed by atoms with E-state index < -0.39 is 61.8 Å². The first kappa shape index (κ1) is 21.7. The molecule has 0 spiro atoms. The first-order valence-corrected chi connectivity index (χ1v) is 8.68. The molecule has 1 aliphatic heterocycles. The molecule has 4 unspecified atom stereocenters. The third kappa shape index (κ3) is 4.63. The van der Waals surface area contributed by atoms with Crippen molar-refractivity contribution < 1.29 is 38.9 Å². The van der Waals surface area contributed by atoms with Crippen LogP contribution in [0.1, 0.15) is 19.3 Å². The second kappa shape index (κ2) is 6.12. The zero-order valence-electron chi connectivity index (χ0n) is 10.7. The minimum atomic E-state index is -5.49. The van der Waals surface area contributed by atoms with Gasteiger partial charge in [-0.25, -0.2) is 17.6 Å². The van der Waals surface area contributed by atoms with Crippen LogP contribution in [0.4, 0.5) is 26.3 Å². The minimum Gasteiger partial charge on any atom is -0.226 e. The van der Waals surface area contributed by atoms with Crippen molar-refractivity contribution >= 4 is 56.5 Å². The van der Waals surface area contributed by atoms with Gasteiger partial charge in [0, 0.05) is 12.8 Å². The molecule has 3 nitrogen and oxygen atoms in total. The summed E-state index contributed by atoms with van der Waals surface area (Å²) in [5, 5.41) is -14.5. The molecule has 0 aromatic carbocycles. The third-order valence-corrected chi connectivity index (χ3v) is 5.73. The molecule has 0 radical (unpaired) electrons. The summed E-state index contributed by atoms with van der Waals surface area (Å²) in [4.78, 5) is 0. The van der Waals surface area contributed by atoms with Crippen molar-refractivity contribution in [1.29, 1.82) is 0 Å². The Balaban J connectivity index is 2.92. The van der Waals surface area contributed by atoms with Crippen molar-refractivity contribution in [3.63, 3.8) is 0 Å². The normalized spacial score (nSPS) is 33.8. The third-order valence-electron chi connectivity index (χ3n) is 2.76. The average molecular weight is 452 g/mol. The molecule has 0 aliphatic carbocycles. The van der Waals surface area contributed by atoms with Gasteiger partial charge in [-0.2, -0.15) is 21.4 Å². The molecule has 23 heavy (non-hydrogen) atoms. The van der Waals surface area contributed by atoms with E-state index in [4.69, 9.17) is 46.4 Å². The largest absolute Gasteiger partial charge is 0.420 e. The fraction of sp³-hybridized carbons (Fsp3) is 1.00. The van der Waals surface area contributed by atoms with Crippen molar-refractivity contribution in [2.75, 3.05) is 5.88 Å². The summed E-state index contributed by atoms with van der Waals surface area (Å²) in [7, 11) is -5.49. The lowest BCUT2D eigenvalue weighted by Gasteiger charge is -2.42. The van der Waals surface area contributed by atoms with Crippen LogP contribution in [-0.4, -0.2) is 40.8 Å². The fourth-order valence-corrected chi connectivity index (χ4v) is 4.33. The second-order valence-corrected chi connectivity index (χ2v) is 9.04. The minimum absolute atomic E-state index is 0.956. The first-order chi connectivity index (χ1) is 9.89. The van der Waals surface area contributed by atoms with Gasteiger partial charge in [0.2, 0.25) is 5.13 Å². The van der Waals surface area contributed by atoms with Gasteiger partial charge in [0.1, 0.15) is 0 Å². The zero-order valence-corrected chi connectivity index (χ0v) is 14.6. The van der Waals surface area contributed by atoms with Crippen LogP contribution in [0.5, 0.6) is 0 Å². The van der Waals surface area contributed by atoms with Gasteiger partial charge in [0.15, 0.2) is 10.3 Å². The molecule has 0 bridgehead atoms. The monoisotopic (exact) mass is 450 g/mol. The van der Waals surface area contributed by atoms with E-state index in [-0.39, 0.29) is 0 Å². The Morgan fingerprint density at radius 1 is 0.913 bits per heavy atom. The lowest BCUT2D eigenvalue weighted by Crippen LogP contribution is -2.66. The van der Waals surface area contributed by atoms with Gasteiger partial charge in [-0.15, -0.1) is 11.6 Å². The standard InChI is InChI=1S/C9H8Cl4F6O3S/c10-4-7(13,16)2-5(11,14)1-6(12,15)3-8(17)9(18,19)22-23(8,20)21/h1-4H2. The van der Waals surface area contributed by atoms with E-state index in [9.17, 15) is 34.8 Å². The summed E-state index contributed by atoms with van der Waals surface area (Å²) in [6, 6.07) is 0. The van der Waals surface area contributed by atoms with Gasteiger partial charge in [-0.05, 0) is 0 Å². The van der Waals surface area contributed by atoms with E-state index in [1.165, 1.54) is 0 Å². The van der Waals surface area contributed by atoms with Crippen LogP contribution in [0.3, 0.4) is 0 Å². The Hall–Kier alpha value is 0.650. The summed E-state index contributed by atoms with van der Waals surface area (Å²) in [5.74, 6) is -0.956. The summed E-state index contributed by atoms with van der Waals surface area (Å²) < 4.78 is 106. The van der Waals surface area contributed by atoms with Gasteiger partial charge < -0.3 is 0 Å². The zero-order chi connectivity index (χ0) is 18.5. The number of alkyl halides is 10. The van der Waals surface area contributed by atoms with Crippen LogP contribution in [0, 0.1) is 0 Å². The van der Waals surface area contributed by atoms with E-state index in [1.807, 2.05) is 0 Å². The molecule has 14 heteroatoms. The highest BCUT2D eigenvalue weighted by Gasteiger charge is 2.80. The molecule has 0 aromatic heterocycles. The number of rotatable bonds is 7. The van der Waals surface area contributed by atoms with E-state index in [0.717, 1.165) is 0 Å². The van der Waals surface area contributed by atoms with Crippen molar-refractivity contribution in [1.82, 2.24) is 0 Å². The molecule has 1 rings (SSSR count). The van der Waals surface area contributed by atoms with E-state index in [0.29, 0.717) is 0 Å². The Labute approximate surface area is 147 Å². The molecule has 138 valence electrons. The van der Waals surface area contributed by atoms with Crippen molar-refractivity contribution in [3.05, 3.63) is 0 Å². The van der Waals surface area contributed by atoms with Crippen molar-refractivity contribution in [3.8, 4) is 0 Å². The highest BCUT2D eigenvalue weighted by Crippen LogP contribution is 2.56. The maximum Gasteiger partial charge on any atom is 0.420 e. The molecule has 4 atom stereocenters. The van der Waals surface area contributed by atoms with Crippen molar-refractivity contribution in [2.24, 2.45) is 0 Å². The molecule has 0 aromatic rings. The lowest BCUT2D eigenvalue weighted by molar-refractivity contribution is -0.281.